The van der Waals surface area contributed by atoms with Gasteiger partial charge in [0.2, 0.25) is 0 Å². The SMILES string of the molecule is CC(C)c1ccc(-c2csc3ncnc(NC4CC4)c23)cc1. The molecule has 1 aromatic carbocycles. The van der Waals surface area contributed by atoms with Crippen LogP contribution in [0, 0.1) is 0 Å². The van der Waals surface area contributed by atoms with Crippen molar-refractivity contribution in [2.45, 2.75) is 38.6 Å². The average Bonchev–Trinajstić information content (AvgIpc) is 3.23. The monoisotopic (exact) mass is 309 g/mol. The van der Waals surface area contributed by atoms with E-state index in [9.17, 15) is 0 Å². The summed E-state index contributed by atoms with van der Waals surface area (Å²) in [5.74, 6) is 1.54. The van der Waals surface area contributed by atoms with E-state index < -0.39 is 0 Å². The predicted molar refractivity (Wildman–Crippen MR) is 93.6 cm³/mol. The first-order valence-electron chi connectivity index (χ1n) is 7.81. The van der Waals surface area contributed by atoms with E-state index in [0.29, 0.717) is 12.0 Å². The Morgan fingerprint density at radius 1 is 1.14 bits per heavy atom. The van der Waals surface area contributed by atoms with Crippen LogP contribution in [0.3, 0.4) is 0 Å². The van der Waals surface area contributed by atoms with E-state index in [1.54, 1.807) is 17.7 Å². The number of hydrogen-bond donors (Lipinski definition) is 1. The summed E-state index contributed by atoms with van der Waals surface area (Å²) >= 11 is 1.69. The second-order valence-electron chi connectivity index (χ2n) is 6.25. The van der Waals surface area contributed by atoms with Crippen LogP contribution >= 0.6 is 11.3 Å². The molecule has 0 aliphatic heterocycles. The lowest BCUT2D eigenvalue weighted by molar-refractivity contribution is 0.867. The van der Waals surface area contributed by atoms with E-state index in [1.807, 2.05) is 0 Å². The second-order valence-corrected chi connectivity index (χ2v) is 7.11. The van der Waals surface area contributed by atoms with Crippen LogP contribution in [-0.2, 0) is 0 Å². The van der Waals surface area contributed by atoms with Crippen LogP contribution in [0.1, 0.15) is 38.2 Å². The maximum atomic E-state index is 4.48. The second kappa shape index (κ2) is 5.36. The lowest BCUT2D eigenvalue weighted by Crippen LogP contribution is -2.03. The predicted octanol–water partition coefficient (Wildman–Crippen LogP) is 5.06. The molecule has 2 aromatic heterocycles. The molecular weight excluding hydrogens is 290 g/mol. The largest absolute Gasteiger partial charge is 0.367 e. The van der Waals surface area contributed by atoms with Gasteiger partial charge >= 0.3 is 0 Å². The summed E-state index contributed by atoms with van der Waals surface area (Å²) in [6.45, 7) is 4.45. The summed E-state index contributed by atoms with van der Waals surface area (Å²) < 4.78 is 0. The Morgan fingerprint density at radius 3 is 2.59 bits per heavy atom. The van der Waals surface area contributed by atoms with Crippen molar-refractivity contribution in [2.24, 2.45) is 0 Å². The number of rotatable bonds is 4. The third-order valence-corrected chi connectivity index (χ3v) is 5.06. The molecule has 1 fully saturated rings. The zero-order chi connectivity index (χ0) is 15.1. The van der Waals surface area contributed by atoms with Crippen LogP contribution < -0.4 is 5.32 Å². The summed E-state index contributed by atoms with van der Waals surface area (Å²) in [7, 11) is 0. The van der Waals surface area contributed by atoms with Gasteiger partial charge in [-0.2, -0.15) is 0 Å². The van der Waals surface area contributed by atoms with E-state index in [4.69, 9.17) is 0 Å². The van der Waals surface area contributed by atoms with Gasteiger partial charge in [-0.25, -0.2) is 9.97 Å². The zero-order valence-corrected chi connectivity index (χ0v) is 13.7. The molecule has 0 spiro atoms. The van der Waals surface area contributed by atoms with Crippen molar-refractivity contribution in [1.82, 2.24) is 9.97 Å². The Labute approximate surface area is 134 Å². The van der Waals surface area contributed by atoms with Gasteiger partial charge in [0.25, 0.3) is 0 Å². The van der Waals surface area contributed by atoms with Gasteiger partial charge in [-0.1, -0.05) is 38.1 Å². The van der Waals surface area contributed by atoms with Crippen molar-refractivity contribution < 1.29 is 0 Å². The van der Waals surface area contributed by atoms with Crippen molar-refractivity contribution in [3.05, 3.63) is 41.5 Å². The van der Waals surface area contributed by atoms with Crippen molar-refractivity contribution in [3.63, 3.8) is 0 Å². The molecule has 112 valence electrons. The summed E-state index contributed by atoms with van der Waals surface area (Å²) in [6, 6.07) is 9.46. The number of hydrogen-bond acceptors (Lipinski definition) is 4. The van der Waals surface area contributed by atoms with E-state index in [0.717, 1.165) is 16.0 Å². The minimum absolute atomic E-state index is 0.559. The average molecular weight is 309 g/mol. The number of benzene rings is 1. The molecule has 0 saturated heterocycles. The number of thiophene rings is 1. The molecule has 0 radical (unpaired) electrons. The molecule has 1 aliphatic rings. The van der Waals surface area contributed by atoms with Crippen molar-refractivity contribution >= 4 is 27.4 Å². The molecule has 3 nitrogen and oxygen atoms in total. The summed E-state index contributed by atoms with van der Waals surface area (Å²) in [6.07, 6.45) is 4.15. The highest BCUT2D eigenvalue weighted by atomic mass is 32.1. The van der Waals surface area contributed by atoms with Gasteiger partial charge in [0.15, 0.2) is 0 Å². The van der Waals surface area contributed by atoms with Crippen molar-refractivity contribution in [1.29, 1.82) is 0 Å². The van der Waals surface area contributed by atoms with Crippen LogP contribution in [0.25, 0.3) is 21.3 Å². The van der Waals surface area contributed by atoms with Gasteiger partial charge in [0.1, 0.15) is 17.0 Å². The number of nitrogens with zero attached hydrogens (tertiary/aromatic N) is 2. The molecule has 4 heteroatoms. The topological polar surface area (TPSA) is 37.8 Å². The number of anilines is 1. The minimum Gasteiger partial charge on any atom is -0.367 e. The van der Waals surface area contributed by atoms with Crippen molar-refractivity contribution in [3.8, 4) is 11.1 Å². The van der Waals surface area contributed by atoms with E-state index in [1.165, 1.54) is 29.5 Å². The summed E-state index contributed by atoms with van der Waals surface area (Å²) in [5.41, 5.74) is 3.85. The highest BCUT2D eigenvalue weighted by Crippen LogP contribution is 2.38. The van der Waals surface area contributed by atoms with Gasteiger partial charge in [-0.05, 0) is 29.9 Å². The lowest BCUT2D eigenvalue weighted by Gasteiger charge is -2.09. The molecule has 3 aromatic rings. The highest BCUT2D eigenvalue weighted by molar-refractivity contribution is 7.17. The molecule has 4 rings (SSSR count). The lowest BCUT2D eigenvalue weighted by atomic mass is 9.99. The quantitative estimate of drug-likeness (QED) is 0.732. The molecule has 0 unspecified atom stereocenters. The Morgan fingerprint density at radius 2 is 1.91 bits per heavy atom. The maximum absolute atomic E-state index is 4.48. The number of nitrogens with one attached hydrogen (secondary N) is 1. The fraction of sp³-hybridized carbons (Fsp3) is 0.333. The molecule has 1 saturated carbocycles. The van der Waals surface area contributed by atoms with Crippen LogP contribution in [0.4, 0.5) is 5.82 Å². The van der Waals surface area contributed by atoms with Crippen LogP contribution in [0.5, 0.6) is 0 Å². The first-order valence-corrected chi connectivity index (χ1v) is 8.69. The van der Waals surface area contributed by atoms with Gasteiger partial charge in [0, 0.05) is 17.0 Å². The zero-order valence-electron chi connectivity index (χ0n) is 12.8. The normalized spacial score (nSPS) is 14.7. The first-order chi connectivity index (χ1) is 10.7. The van der Waals surface area contributed by atoms with Gasteiger partial charge in [-0.3, -0.25) is 0 Å². The molecule has 1 N–H and O–H groups in total. The molecule has 0 bridgehead atoms. The van der Waals surface area contributed by atoms with Gasteiger partial charge in [-0.15, -0.1) is 11.3 Å². The molecule has 2 heterocycles. The Balaban J connectivity index is 1.80. The molecule has 0 amide bonds. The Bertz CT molecular complexity index is 801. The maximum Gasteiger partial charge on any atom is 0.139 e. The van der Waals surface area contributed by atoms with E-state index in [2.05, 4.69) is 58.8 Å². The smallest absolute Gasteiger partial charge is 0.139 e. The fourth-order valence-corrected chi connectivity index (χ4v) is 3.58. The molecule has 22 heavy (non-hydrogen) atoms. The minimum atomic E-state index is 0.559. The highest BCUT2D eigenvalue weighted by Gasteiger charge is 2.23. The molecule has 1 aliphatic carbocycles. The van der Waals surface area contributed by atoms with Crippen LogP contribution in [0.2, 0.25) is 0 Å². The molecular formula is C18H19N3S. The standard InChI is InChI=1S/C18H19N3S/c1-11(2)12-3-5-13(6-4-12)15-9-22-18-16(15)17(19-10-20-18)21-14-7-8-14/h3-6,9-11,14H,7-8H2,1-2H3,(H,19,20,21). The van der Waals surface area contributed by atoms with Gasteiger partial charge < -0.3 is 5.32 Å². The van der Waals surface area contributed by atoms with Gasteiger partial charge in [0.05, 0.1) is 5.39 Å². The Kier molecular flexibility index (Phi) is 3.34. The third-order valence-electron chi connectivity index (χ3n) is 4.18. The van der Waals surface area contributed by atoms with Crippen LogP contribution in [-0.4, -0.2) is 16.0 Å². The van der Waals surface area contributed by atoms with E-state index in [-0.39, 0.29) is 0 Å². The number of fused-ring (bicyclic) bond motifs is 1. The first kappa shape index (κ1) is 13.7. The number of aromatic nitrogens is 2. The van der Waals surface area contributed by atoms with E-state index >= 15 is 0 Å². The van der Waals surface area contributed by atoms with Crippen molar-refractivity contribution in [2.75, 3.05) is 5.32 Å². The summed E-state index contributed by atoms with van der Waals surface area (Å²) in [4.78, 5) is 9.96. The fourth-order valence-electron chi connectivity index (χ4n) is 2.67. The van der Waals surface area contributed by atoms with Crippen LogP contribution in [0.15, 0.2) is 36.0 Å². The Hall–Kier alpha value is -1.94. The summed E-state index contributed by atoms with van der Waals surface area (Å²) in [5, 5.41) is 6.90. The third kappa shape index (κ3) is 2.48. The molecule has 0 atom stereocenters.